The average molecular weight is 687 g/mol. The van der Waals surface area contributed by atoms with Gasteiger partial charge < -0.3 is 9.84 Å². The third-order valence-electron chi connectivity index (χ3n) is 6.87. The maximum absolute atomic E-state index is 14.4. The number of thioether (sulfide) groups is 1. The molecule has 0 saturated carbocycles. The molecule has 1 N–H and O–H groups in total. The second-order valence-corrected chi connectivity index (χ2v) is 13.9. The Morgan fingerprint density at radius 3 is 2.40 bits per heavy atom. The van der Waals surface area contributed by atoms with Gasteiger partial charge in [-0.15, -0.1) is 0 Å². The molecule has 0 aliphatic heterocycles. The Bertz CT molecular complexity index is 1800. The number of carbonyl (C=O) groups is 1. The summed E-state index contributed by atoms with van der Waals surface area (Å²) >= 11 is 20.3. The molecule has 1 amide bonds. The van der Waals surface area contributed by atoms with Gasteiger partial charge in [0.15, 0.2) is 16.7 Å². The Hall–Kier alpha value is -2.96. The number of imidazole rings is 1. The third-order valence-corrected chi connectivity index (χ3v) is 10.8. The Morgan fingerprint density at radius 2 is 1.79 bits per heavy atom. The van der Waals surface area contributed by atoms with E-state index in [9.17, 15) is 22.7 Å². The smallest absolute Gasteiger partial charge is 0.421 e. The van der Waals surface area contributed by atoms with Crippen LogP contribution in [0.4, 0.5) is 9.18 Å². The zero-order chi connectivity index (χ0) is 31.7. The molecular formula is C29H27Cl3FN3O5S2. The zero-order valence-electron chi connectivity index (χ0n) is 23.4. The van der Waals surface area contributed by atoms with Crippen molar-refractivity contribution in [1.82, 2.24) is 13.9 Å². The number of carboxylic acid groups (broad SMARTS) is 1. The number of methoxy groups -OCH3 is 1. The standard InChI is InChI=1S/C29H27Cl3FN3O5S2/c1-5-35(28(37)38)43(39,40)20-9-6-17(22(31)14-20)16-42-27-34-15-26(29(2,3)18-7-10-21(30)23(32)12-18)36(27)19-8-11-24(33)25(13-19)41-4/h6-15H,5,16H2,1-4H3,(H,37,38). The van der Waals surface area contributed by atoms with Crippen molar-refractivity contribution in [2.24, 2.45) is 0 Å². The predicted molar refractivity (Wildman–Crippen MR) is 167 cm³/mol. The molecule has 3 aromatic carbocycles. The van der Waals surface area contributed by atoms with E-state index in [-0.39, 0.29) is 28.0 Å². The number of amides is 1. The Kier molecular flexibility index (Phi) is 9.92. The number of ether oxygens (including phenoxy) is 1. The SMILES string of the molecule is CCN(C(=O)O)S(=O)(=O)c1ccc(CSc2ncc(C(C)(C)c3ccc(Cl)c(Cl)c3)n2-c2ccc(F)c(OC)c2)c(Cl)c1. The minimum atomic E-state index is -4.29. The van der Waals surface area contributed by atoms with Gasteiger partial charge in [-0.3, -0.25) is 4.57 Å². The van der Waals surface area contributed by atoms with Crippen LogP contribution >= 0.6 is 46.6 Å². The molecule has 0 unspecified atom stereocenters. The van der Waals surface area contributed by atoms with E-state index in [0.29, 0.717) is 30.8 Å². The van der Waals surface area contributed by atoms with E-state index in [1.807, 2.05) is 24.5 Å². The van der Waals surface area contributed by atoms with Crippen LogP contribution in [-0.2, 0) is 21.2 Å². The summed E-state index contributed by atoms with van der Waals surface area (Å²) in [7, 11) is -2.91. The molecule has 0 saturated heterocycles. The molecule has 228 valence electrons. The topological polar surface area (TPSA) is 102 Å². The summed E-state index contributed by atoms with van der Waals surface area (Å²) in [5, 5.41) is 10.8. The molecule has 0 bridgehead atoms. The summed E-state index contributed by atoms with van der Waals surface area (Å²) in [4.78, 5) is 15.9. The normalized spacial score (nSPS) is 11.9. The van der Waals surface area contributed by atoms with Crippen molar-refractivity contribution in [1.29, 1.82) is 0 Å². The number of aromatic nitrogens is 2. The van der Waals surface area contributed by atoms with Crippen molar-refractivity contribution >= 4 is 62.7 Å². The van der Waals surface area contributed by atoms with Crippen LogP contribution in [0.1, 0.15) is 37.6 Å². The summed E-state index contributed by atoms with van der Waals surface area (Å²) in [6.07, 6.45) is 0.144. The Balaban J connectivity index is 1.75. The maximum atomic E-state index is 14.4. The predicted octanol–water partition coefficient (Wildman–Crippen LogP) is 8.29. The molecule has 43 heavy (non-hydrogen) atoms. The zero-order valence-corrected chi connectivity index (χ0v) is 27.3. The number of nitrogens with zero attached hydrogens (tertiary/aromatic N) is 3. The minimum absolute atomic E-state index is 0.0581. The second kappa shape index (κ2) is 13.0. The summed E-state index contributed by atoms with van der Waals surface area (Å²) < 4.78 is 47.4. The summed E-state index contributed by atoms with van der Waals surface area (Å²) in [5.41, 5.74) is 2.20. The first-order valence-electron chi connectivity index (χ1n) is 12.8. The van der Waals surface area contributed by atoms with Gasteiger partial charge in [0.1, 0.15) is 0 Å². The van der Waals surface area contributed by atoms with E-state index >= 15 is 0 Å². The molecule has 0 atom stereocenters. The van der Waals surface area contributed by atoms with Gasteiger partial charge in [0.05, 0.1) is 39.6 Å². The van der Waals surface area contributed by atoms with Gasteiger partial charge in [-0.05, 0) is 54.4 Å². The van der Waals surface area contributed by atoms with Crippen molar-refractivity contribution in [2.75, 3.05) is 13.7 Å². The molecule has 0 aliphatic rings. The van der Waals surface area contributed by atoms with Gasteiger partial charge in [0.2, 0.25) is 0 Å². The van der Waals surface area contributed by atoms with Crippen molar-refractivity contribution in [3.63, 3.8) is 0 Å². The average Bonchev–Trinajstić information content (AvgIpc) is 3.39. The lowest BCUT2D eigenvalue weighted by atomic mass is 9.81. The van der Waals surface area contributed by atoms with Gasteiger partial charge in [0, 0.05) is 28.8 Å². The highest BCUT2D eigenvalue weighted by Gasteiger charge is 2.31. The first kappa shape index (κ1) is 32.9. The van der Waals surface area contributed by atoms with Gasteiger partial charge in [0.25, 0.3) is 10.0 Å². The van der Waals surface area contributed by atoms with Crippen molar-refractivity contribution in [3.05, 3.63) is 98.5 Å². The van der Waals surface area contributed by atoms with Crippen molar-refractivity contribution in [2.45, 2.75) is 42.0 Å². The highest BCUT2D eigenvalue weighted by molar-refractivity contribution is 7.98. The van der Waals surface area contributed by atoms with Crippen molar-refractivity contribution in [3.8, 4) is 11.4 Å². The lowest BCUT2D eigenvalue weighted by molar-refractivity contribution is 0.173. The summed E-state index contributed by atoms with van der Waals surface area (Å²) in [6.45, 7) is 5.18. The monoisotopic (exact) mass is 685 g/mol. The quantitative estimate of drug-likeness (QED) is 0.168. The van der Waals surface area contributed by atoms with Crippen LogP contribution < -0.4 is 4.74 Å². The van der Waals surface area contributed by atoms with Crippen LogP contribution in [-0.4, -0.2) is 47.1 Å². The van der Waals surface area contributed by atoms with Gasteiger partial charge in [-0.2, -0.15) is 0 Å². The van der Waals surface area contributed by atoms with Crippen LogP contribution in [0.5, 0.6) is 5.75 Å². The molecule has 4 rings (SSSR count). The number of rotatable bonds is 10. The number of benzene rings is 3. The Morgan fingerprint density at radius 1 is 1.07 bits per heavy atom. The van der Waals surface area contributed by atoms with E-state index in [2.05, 4.69) is 4.98 Å². The third kappa shape index (κ3) is 6.61. The largest absolute Gasteiger partial charge is 0.494 e. The van der Waals surface area contributed by atoms with Crippen LogP contribution in [0.25, 0.3) is 5.69 Å². The van der Waals surface area contributed by atoms with Gasteiger partial charge in [-0.1, -0.05) is 72.5 Å². The van der Waals surface area contributed by atoms with Crippen LogP contribution in [0.2, 0.25) is 15.1 Å². The van der Waals surface area contributed by atoms with E-state index in [0.717, 1.165) is 11.3 Å². The fraction of sp³-hybridized carbons (Fsp3) is 0.241. The molecule has 14 heteroatoms. The van der Waals surface area contributed by atoms with Gasteiger partial charge >= 0.3 is 6.09 Å². The summed E-state index contributed by atoms with van der Waals surface area (Å²) in [6, 6.07) is 14.0. The van der Waals surface area contributed by atoms with Gasteiger partial charge in [-0.25, -0.2) is 26.9 Å². The van der Waals surface area contributed by atoms with E-state index in [1.54, 1.807) is 30.5 Å². The fourth-order valence-electron chi connectivity index (χ4n) is 4.43. The molecule has 4 aromatic rings. The molecular weight excluding hydrogens is 660 g/mol. The molecule has 0 aliphatic carbocycles. The number of hydrogen-bond acceptors (Lipinski definition) is 6. The minimum Gasteiger partial charge on any atom is -0.494 e. The van der Waals surface area contributed by atoms with Crippen LogP contribution in [0.15, 0.2) is 70.8 Å². The molecule has 0 spiro atoms. The lowest BCUT2D eigenvalue weighted by Gasteiger charge is -2.28. The van der Waals surface area contributed by atoms with E-state index in [1.165, 1.54) is 50.1 Å². The second-order valence-electron chi connectivity index (χ2n) is 9.83. The molecule has 1 heterocycles. The van der Waals surface area contributed by atoms with E-state index in [4.69, 9.17) is 39.5 Å². The first-order chi connectivity index (χ1) is 20.2. The van der Waals surface area contributed by atoms with Crippen LogP contribution in [0.3, 0.4) is 0 Å². The first-order valence-corrected chi connectivity index (χ1v) is 16.3. The lowest BCUT2D eigenvalue weighted by Crippen LogP contribution is -2.35. The van der Waals surface area contributed by atoms with Crippen molar-refractivity contribution < 1.29 is 27.4 Å². The highest BCUT2D eigenvalue weighted by atomic mass is 35.5. The Labute approximate surface area is 268 Å². The fourth-order valence-corrected chi connectivity index (χ4v) is 7.42. The number of sulfonamides is 1. The number of hydrogen-bond donors (Lipinski definition) is 1. The molecule has 1 aromatic heterocycles. The number of halogens is 4. The molecule has 0 fully saturated rings. The van der Waals surface area contributed by atoms with E-state index < -0.39 is 27.3 Å². The molecule has 8 nitrogen and oxygen atoms in total. The molecule has 0 radical (unpaired) electrons. The maximum Gasteiger partial charge on any atom is 0.421 e. The highest BCUT2D eigenvalue weighted by Crippen LogP contribution is 2.39. The summed E-state index contributed by atoms with van der Waals surface area (Å²) in [5.74, 6) is -0.169. The van der Waals surface area contributed by atoms with Crippen LogP contribution in [0, 0.1) is 5.82 Å².